The number of benzene rings is 1. The van der Waals surface area contributed by atoms with Crippen molar-refractivity contribution in [2.75, 3.05) is 6.61 Å². The summed E-state index contributed by atoms with van der Waals surface area (Å²) in [6, 6.07) is 6.44. The Balaban J connectivity index is 2.53. The highest BCUT2D eigenvalue weighted by Gasteiger charge is 1.95. The van der Waals surface area contributed by atoms with E-state index in [1.165, 1.54) is 16.7 Å². The zero-order valence-corrected chi connectivity index (χ0v) is 8.55. The summed E-state index contributed by atoms with van der Waals surface area (Å²) < 4.78 is 0. The Kier molecular flexibility index (Phi) is 3.93. The molecule has 0 saturated heterocycles. The summed E-state index contributed by atoms with van der Waals surface area (Å²) in [7, 11) is 0. The van der Waals surface area contributed by atoms with Gasteiger partial charge in [-0.2, -0.15) is 5.48 Å². The molecule has 0 radical (unpaired) electrons. The van der Waals surface area contributed by atoms with Crippen LogP contribution in [-0.4, -0.2) is 6.61 Å². The number of hydrogen-bond donors (Lipinski definition) is 1. The van der Waals surface area contributed by atoms with Crippen LogP contribution in [0.2, 0.25) is 0 Å². The minimum Gasteiger partial charge on any atom is -0.302 e. The predicted molar refractivity (Wildman–Crippen MR) is 54.4 cm³/mol. The summed E-state index contributed by atoms with van der Waals surface area (Å²) >= 11 is 0. The van der Waals surface area contributed by atoms with E-state index in [0.29, 0.717) is 6.61 Å². The van der Waals surface area contributed by atoms with Gasteiger partial charge in [0.1, 0.15) is 0 Å². The van der Waals surface area contributed by atoms with Crippen molar-refractivity contribution in [3.63, 3.8) is 0 Å². The Morgan fingerprint density at radius 2 is 2.00 bits per heavy atom. The van der Waals surface area contributed by atoms with Gasteiger partial charge in [-0.3, -0.25) is 0 Å². The van der Waals surface area contributed by atoms with Gasteiger partial charge in [0.2, 0.25) is 0 Å². The Hall–Kier alpha value is -0.860. The normalized spacial score (nSPS) is 10.4. The molecule has 0 aliphatic heterocycles. The van der Waals surface area contributed by atoms with Gasteiger partial charge in [-0.15, -0.1) is 0 Å². The van der Waals surface area contributed by atoms with Crippen molar-refractivity contribution in [2.45, 2.75) is 27.3 Å². The van der Waals surface area contributed by atoms with Gasteiger partial charge in [0.05, 0.1) is 6.61 Å². The number of nitrogens with one attached hydrogen (secondary N) is 1. The van der Waals surface area contributed by atoms with Crippen molar-refractivity contribution in [1.82, 2.24) is 5.48 Å². The maximum absolute atomic E-state index is 5.06. The predicted octanol–water partition coefficient (Wildman–Crippen LogP) is 2.34. The minimum absolute atomic E-state index is 0.699. The van der Waals surface area contributed by atoms with Crippen LogP contribution in [-0.2, 0) is 11.4 Å². The number of aryl methyl sites for hydroxylation is 2. The fourth-order valence-corrected chi connectivity index (χ4v) is 1.15. The summed E-state index contributed by atoms with van der Waals surface area (Å²) in [5.41, 5.74) is 6.82. The SMILES string of the molecule is CCONCc1ccc(C)c(C)c1. The first-order valence-electron chi connectivity index (χ1n) is 4.65. The van der Waals surface area contributed by atoms with Gasteiger partial charge in [0.15, 0.2) is 0 Å². The largest absolute Gasteiger partial charge is 0.302 e. The van der Waals surface area contributed by atoms with Gasteiger partial charge in [-0.1, -0.05) is 18.2 Å². The molecule has 1 rings (SSSR count). The molecular weight excluding hydrogens is 162 g/mol. The van der Waals surface area contributed by atoms with E-state index in [1.54, 1.807) is 0 Å². The van der Waals surface area contributed by atoms with Crippen LogP contribution in [0.1, 0.15) is 23.6 Å². The van der Waals surface area contributed by atoms with Gasteiger partial charge in [0.25, 0.3) is 0 Å². The average molecular weight is 179 g/mol. The van der Waals surface area contributed by atoms with Crippen LogP contribution in [0.4, 0.5) is 0 Å². The van der Waals surface area contributed by atoms with E-state index in [2.05, 4.69) is 37.5 Å². The third-order valence-electron chi connectivity index (χ3n) is 2.09. The minimum atomic E-state index is 0.699. The van der Waals surface area contributed by atoms with E-state index >= 15 is 0 Å². The van der Waals surface area contributed by atoms with E-state index in [9.17, 15) is 0 Å². The van der Waals surface area contributed by atoms with E-state index in [0.717, 1.165) is 6.54 Å². The van der Waals surface area contributed by atoms with Gasteiger partial charge < -0.3 is 4.84 Å². The Labute approximate surface area is 79.9 Å². The van der Waals surface area contributed by atoms with Gasteiger partial charge in [-0.25, -0.2) is 0 Å². The molecule has 0 unspecified atom stereocenters. The molecule has 0 amide bonds. The van der Waals surface area contributed by atoms with Crippen molar-refractivity contribution >= 4 is 0 Å². The third kappa shape index (κ3) is 3.17. The molecule has 2 heteroatoms. The molecule has 1 N–H and O–H groups in total. The first kappa shape index (κ1) is 10.2. The molecule has 13 heavy (non-hydrogen) atoms. The lowest BCUT2D eigenvalue weighted by Crippen LogP contribution is -2.13. The van der Waals surface area contributed by atoms with E-state index < -0.39 is 0 Å². The highest BCUT2D eigenvalue weighted by Crippen LogP contribution is 2.09. The third-order valence-corrected chi connectivity index (χ3v) is 2.09. The molecule has 72 valence electrons. The molecule has 0 fully saturated rings. The monoisotopic (exact) mass is 179 g/mol. The molecular formula is C11H17NO. The summed E-state index contributed by atoms with van der Waals surface area (Å²) in [6.07, 6.45) is 0. The molecule has 0 bridgehead atoms. The van der Waals surface area contributed by atoms with E-state index in [1.807, 2.05) is 6.92 Å². The van der Waals surface area contributed by atoms with Gasteiger partial charge in [-0.05, 0) is 37.5 Å². The van der Waals surface area contributed by atoms with E-state index in [4.69, 9.17) is 4.84 Å². The second-order valence-electron chi connectivity index (χ2n) is 3.17. The second-order valence-corrected chi connectivity index (χ2v) is 3.17. The Morgan fingerprint density at radius 1 is 1.23 bits per heavy atom. The summed E-state index contributed by atoms with van der Waals surface area (Å²) in [4.78, 5) is 5.06. The van der Waals surface area contributed by atoms with Crippen molar-refractivity contribution in [3.8, 4) is 0 Å². The first-order valence-corrected chi connectivity index (χ1v) is 4.65. The van der Waals surface area contributed by atoms with Crippen LogP contribution in [0.15, 0.2) is 18.2 Å². The maximum Gasteiger partial charge on any atom is 0.0654 e. The zero-order chi connectivity index (χ0) is 9.68. The van der Waals surface area contributed by atoms with Crippen molar-refractivity contribution in [3.05, 3.63) is 34.9 Å². The molecule has 1 aromatic rings. The Morgan fingerprint density at radius 3 is 2.62 bits per heavy atom. The zero-order valence-electron chi connectivity index (χ0n) is 8.55. The van der Waals surface area contributed by atoms with Crippen molar-refractivity contribution < 1.29 is 4.84 Å². The molecule has 0 aliphatic carbocycles. The number of hydroxylamine groups is 1. The van der Waals surface area contributed by atoms with Crippen molar-refractivity contribution in [1.29, 1.82) is 0 Å². The Bertz CT molecular complexity index is 271. The van der Waals surface area contributed by atoms with Crippen molar-refractivity contribution in [2.24, 2.45) is 0 Å². The van der Waals surface area contributed by atoms with Crippen LogP contribution in [0.25, 0.3) is 0 Å². The number of rotatable bonds is 4. The summed E-state index contributed by atoms with van der Waals surface area (Å²) in [5, 5.41) is 0. The standard InChI is InChI=1S/C11H17NO/c1-4-13-12-8-11-6-5-9(2)10(3)7-11/h5-7,12H,4,8H2,1-3H3. The number of hydrogen-bond acceptors (Lipinski definition) is 2. The van der Waals surface area contributed by atoms with Crippen LogP contribution < -0.4 is 5.48 Å². The highest BCUT2D eigenvalue weighted by molar-refractivity contribution is 5.29. The lowest BCUT2D eigenvalue weighted by atomic mass is 10.1. The average Bonchev–Trinajstić information content (AvgIpc) is 2.12. The molecule has 0 spiro atoms. The summed E-state index contributed by atoms with van der Waals surface area (Å²) in [6.45, 7) is 7.68. The molecule has 0 saturated carbocycles. The van der Waals surface area contributed by atoms with Crippen LogP contribution in [0.5, 0.6) is 0 Å². The van der Waals surface area contributed by atoms with E-state index in [-0.39, 0.29) is 0 Å². The topological polar surface area (TPSA) is 21.3 Å². The second kappa shape index (κ2) is 5.00. The van der Waals surface area contributed by atoms with Crippen LogP contribution >= 0.6 is 0 Å². The van der Waals surface area contributed by atoms with Crippen LogP contribution in [0.3, 0.4) is 0 Å². The first-order chi connectivity index (χ1) is 6.24. The molecule has 0 aromatic heterocycles. The molecule has 0 atom stereocenters. The molecule has 2 nitrogen and oxygen atoms in total. The smallest absolute Gasteiger partial charge is 0.0654 e. The fourth-order valence-electron chi connectivity index (χ4n) is 1.15. The highest BCUT2D eigenvalue weighted by atomic mass is 16.6. The molecule has 0 aliphatic rings. The molecule has 0 heterocycles. The quantitative estimate of drug-likeness (QED) is 0.566. The fraction of sp³-hybridized carbons (Fsp3) is 0.455. The van der Waals surface area contributed by atoms with Gasteiger partial charge >= 0.3 is 0 Å². The van der Waals surface area contributed by atoms with Gasteiger partial charge in [0, 0.05) is 6.54 Å². The lowest BCUT2D eigenvalue weighted by molar-refractivity contribution is 0.0463. The molecule has 1 aromatic carbocycles. The summed E-state index contributed by atoms with van der Waals surface area (Å²) in [5.74, 6) is 0. The maximum atomic E-state index is 5.06. The van der Waals surface area contributed by atoms with Crippen LogP contribution in [0, 0.1) is 13.8 Å². The lowest BCUT2D eigenvalue weighted by Gasteiger charge is -2.06.